The van der Waals surface area contributed by atoms with Crippen LogP contribution in [0.2, 0.25) is 5.02 Å². The Morgan fingerprint density at radius 2 is 2.11 bits per heavy atom. The Balaban J connectivity index is 1.67. The van der Waals surface area contributed by atoms with Gasteiger partial charge in [-0.25, -0.2) is 4.79 Å². The predicted molar refractivity (Wildman–Crippen MR) is 100 cm³/mol. The van der Waals surface area contributed by atoms with Crippen LogP contribution < -0.4 is 10.1 Å². The fourth-order valence-electron chi connectivity index (χ4n) is 3.33. The van der Waals surface area contributed by atoms with E-state index in [-0.39, 0.29) is 17.8 Å². The maximum Gasteiger partial charge on any atom is 0.387 e. The number of nitrogens with one attached hydrogen (secondary N) is 1. The first-order valence-corrected chi connectivity index (χ1v) is 9.14. The van der Waals surface area contributed by atoms with Crippen molar-refractivity contribution in [2.45, 2.75) is 38.5 Å². The smallest absolute Gasteiger partial charge is 0.387 e. The fourth-order valence-corrected chi connectivity index (χ4v) is 3.53. The normalized spacial score (nSPS) is 16.0. The molecule has 2 amide bonds. The molecule has 7 heteroatoms. The van der Waals surface area contributed by atoms with Gasteiger partial charge >= 0.3 is 12.6 Å². The minimum Gasteiger partial charge on any atom is -0.435 e. The third-order valence-corrected chi connectivity index (χ3v) is 5.03. The van der Waals surface area contributed by atoms with Gasteiger partial charge in [0.15, 0.2) is 0 Å². The molecule has 2 aromatic rings. The quantitative estimate of drug-likeness (QED) is 0.761. The number of aryl methyl sites for hydroxylation is 1. The summed E-state index contributed by atoms with van der Waals surface area (Å²) in [7, 11) is 1.71. The van der Waals surface area contributed by atoms with E-state index < -0.39 is 6.61 Å². The minimum absolute atomic E-state index is 0.145. The monoisotopic (exact) mass is 394 g/mol. The molecule has 1 unspecified atom stereocenters. The number of urea groups is 1. The van der Waals surface area contributed by atoms with Gasteiger partial charge in [-0.1, -0.05) is 35.9 Å². The van der Waals surface area contributed by atoms with Crippen molar-refractivity contribution in [2.24, 2.45) is 0 Å². The summed E-state index contributed by atoms with van der Waals surface area (Å²) in [5, 5.41) is 3.65. The third kappa shape index (κ3) is 4.89. The Labute approximate surface area is 162 Å². The standard InChI is InChI=1S/C20H21ClF2N2O2/c1-25(12-14-5-2-3-7-17(14)21)20(26)24-18-8-4-6-13-11-15(27-19(22)23)9-10-16(13)18/h2-3,5,7,9-11,18-19H,4,6,8,12H2,1H3,(H,24,26). The topological polar surface area (TPSA) is 41.6 Å². The van der Waals surface area contributed by atoms with Crippen LogP contribution in [0.15, 0.2) is 42.5 Å². The lowest BCUT2D eigenvalue weighted by Gasteiger charge is -2.29. The van der Waals surface area contributed by atoms with Crippen LogP contribution in [0.25, 0.3) is 0 Å². The van der Waals surface area contributed by atoms with Crippen LogP contribution in [0, 0.1) is 0 Å². The fraction of sp³-hybridized carbons (Fsp3) is 0.350. The van der Waals surface area contributed by atoms with Gasteiger partial charge in [0.25, 0.3) is 0 Å². The highest BCUT2D eigenvalue weighted by Crippen LogP contribution is 2.32. The van der Waals surface area contributed by atoms with Gasteiger partial charge in [-0.15, -0.1) is 0 Å². The van der Waals surface area contributed by atoms with E-state index in [9.17, 15) is 13.6 Å². The van der Waals surface area contributed by atoms with Crippen molar-refractivity contribution in [1.82, 2.24) is 10.2 Å². The number of carbonyl (C=O) groups is 1. The first-order chi connectivity index (χ1) is 12.9. The number of amides is 2. The van der Waals surface area contributed by atoms with Gasteiger partial charge in [-0.3, -0.25) is 0 Å². The molecule has 0 saturated heterocycles. The van der Waals surface area contributed by atoms with Crippen molar-refractivity contribution in [1.29, 1.82) is 0 Å². The van der Waals surface area contributed by atoms with Gasteiger partial charge < -0.3 is 15.0 Å². The molecule has 2 aromatic carbocycles. The second-order valence-electron chi connectivity index (χ2n) is 6.58. The van der Waals surface area contributed by atoms with E-state index >= 15 is 0 Å². The number of fused-ring (bicyclic) bond motifs is 1. The van der Waals surface area contributed by atoms with Crippen LogP contribution in [0.3, 0.4) is 0 Å². The van der Waals surface area contributed by atoms with E-state index in [1.807, 2.05) is 18.2 Å². The Hall–Kier alpha value is -2.34. The van der Waals surface area contributed by atoms with Gasteiger partial charge in [0, 0.05) is 18.6 Å². The molecule has 0 aromatic heterocycles. The zero-order valence-electron chi connectivity index (χ0n) is 14.9. The second-order valence-corrected chi connectivity index (χ2v) is 6.99. The van der Waals surface area contributed by atoms with E-state index in [1.54, 1.807) is 30.1 Å². The number of benzene rings is 2. The van der Waals surface area contributed by atoms with Crippen molar-refractivity contribution >= 4 is 17.6 Å². The lowest BCUT2D eigenvalue weighted by atomic mass is 9.87. The average molecular weight is 395 g/mol. The van der Waals surface area contributed by atoms with Crippen LogP contribution in [0.5, 0.6) is 5.75 Å². The maximum absolute atomic E-state index is 12.6. The van der Waals surface area contributed by atoms with Crippen molar-refractivity contribution in [3.63, 3.8) is 0 Å². The van der Waals surface area contributed by atoms with E-state index in [1.165, 1.54) is 6.07 Å². The zero-order chi connectivity index (χ0) is 19.4. The van der Waals surface area contributed by atoms with Gasteiger partial charge in [0.1, 0.15) is 5.75 Å². The number of hydrogen-bond donors (Lipinski definition) is 1. The third-order valence-electron chi connectivity index (χ3n) is 4.66. The Bertz CT molecular complexity index is 816. The summed E-state index contributed by atoms with van der Waals surface area (Å²) >= 11 is 6.16. The molecule has 0 spiro atoms. The van der Waals surface area contributed by atoms with Crippen LogP contribution in [0.4, 0.5) is 13.6 Å². The molecule has 0 saturated carbocycles. The lowest BCUT2D eigenvalue weighted by molar-refractivity contribution is -0.0499. The first-order valence-electron chi connectivity index (χ1n) is 8.76. The molecule has 27 heavy (non-hydrogen) atoms. The number of rotatable bonds is 5. The number of alkyl halides is 2. The van der Waals surface area contributed by atoms with Gasteiger partial charge in [-0.2, -0.15) is 8.78 Å². The van der Waals surface area contributed by atoms with Crippen LogP contribution >= 0.6 is 11.6 Å². The highest BCUT2D eigenvalue weighted by atomic mass is 35.5. The van der Waals surface area contributed by atoms with Crippen molar-refractivity contribution < 1.29 is 18.3 Å². The minimum atomic E-state index is -2.85. The maximum atomic E-state index is 12.6. The van der Waals surface area contributed by atoms with E-state index in [4.69, 9.17) is 11.6 Å². The SMILES string of the molecule is CN(Cc1ccccc1Cl)C(=O)NC1CCCc2cc(OC(F)F)ccc21. The van der Waals surface area contributed by atoms with E-state index in [0.717, 1.165) is 36.0 Å². The lowest BCUT2D eigenvalue weighted by Crippen LogP contribution is -2.40. The summed E-state index contributed by atoms with van der Waals surface area (Å²) in [6.07, 6.45) is 2.44. The Morgan fingerprint density at radius 1 is 1.33 bits per heavy atom. The summed E-state index contributed by atoms with van der Waals surface area (Å²) in [6, 6.07) is 11.9. The predicted octanol–water partition coefficient (Wildman–Crippen LogP) is 5.16. The second kappa shape index (κ2) is 8.57. The largest absolute Gasteiger partial charge is 0.435 e. The summed E-state index contributed by atoms with van der Waals surface area (Å²) in [5.41, 5.74) is 2.75. The summed E-state index contributed by atoms with van der Waals surface area (Å²) < 4.78 is 29.3. The van der Waals surface area contributed by atoms with Crippen molar-refractivity contribution in [3.05, 3.63) is 64.2 Å². The molecule has 0 bridgehead atoms. The Morgan fingerprint density at radius 3 is 2.85 bits per heavy atom. The summed E-state index contributed by atoms with van der Waals surface area (Å²) in [6.45, 7) is -2.45. The molecule has 1 atom stereocenters. The molecule has 0 heterocycles. The Kier molecular flexibility index (Phi) is 6.16. The molecule has 1 N–H and O–H groups in total. The van der Waals surface area contributed by atoms with Crippen LogP contribution in [0.1, 0.15) is 35.6 Å². The van der Waals surface area contributed by atoms with Crippen molar-refractivity contribution in [2.75, 3.05) is 7.05 Å². The van der Waals surface area contributed by atoms with Gasteiger partial charge in [0.05, 0.1) is 6.04 Å². The average Bonchev–Trinajstić information content (AvgIpc) is 2.63. The van der Waals surface area contributed by atoms with Crippen LogP contribution in [-0.2, 0) is 13.0 Å². The molecule has 1 aliphatic rings. The number of carbonyl (C=O) groups excluding carboxylic acids is 1. The van der Waals surface area contributed by atoms with E-state index in [0.29, 0.717) is 11.6 Å². The highest BCUT2D eigenvalue weighted by molar-refractivity contribution is 6.31. The van der Waals surface area contributed by atoms with Crippen LogP contribution in [-0.4, -0.2) is 24.6 Å². The molecular weight excluding hydrogens is 374 g/mol. The van der Waals surface area contributed by atoms with Gasteiger partial charge in [0.2, 0.25) is 0 Å². The summed E-state index contributed by atoms with van der Waals surface area (Å²) in [5.74, 6) is 0.145. The number of hydrogen-bond acceptors (Lipinski definition) is 2. The van der Waals surface area contributed by atoms with Gasteiger partial charge in [-0.05, 0) is 54.2 Å². The molecule has 0 fully saturated rings. The van der Waals surface area contributed by atoms with Crippen molar-refractivity contribution in [3.8, 4) is 5.75 Å². The molecule has 0 radical (unpaired) electrons. The first kappa shape index (κ1) is 19.4. The highest BCUT2D eigenvalue weighted by Gasteiger charge is 2.24. The van der Waals surface area contributed by atoms with E-state index in [2.05, 4.69) is 10.1 Å². The summed E-state index contributed by atoms with van der Waals surface area (Å²) in [4.78, 5) is 14.2. The molecule has 4 nitrogen and oxygen atoms in total. The molecular formula is C20H21ClF2N2O2. The zero-order valence-corrected chi connectivity index (χ0v) is 15.7. The molecule has 0 aliphatic heterocycles. The molecule has 144 valence electrons. The number of nitrogens with zero attached hydrogens (tertiary/aromatic N) is 1. The molecule has 1 aliphatic carbocycles. The molecule has 3 rings (SSSR count). The number of ether oxygens (including phenoxy) is 1. The number of halogens is 3.